The maximum Gasteiger partial charge on any atom is 0.401 e. The summed E-state index contributed by atoms with van der Waals surface area (Å²) in [5.41, 5.74) is 4.99. The van der Waals surface area contributed by atoms with Gasteiger partial charge in [0, 0.05) is 6.04 Å². The van der Waals surface area contributed by atoms with E-state index in [-0.39, 0.29) is 12.8 Å². The molecule has 0 aromatic rings. The molecule has 0 spiro atoms. The Morgan fingerprint density at radius 1 is 0.938 bits per heavy atom. The first-order valence-corrected chi connectivity index (χ1v) is 4.99. The molecular formula is C9H15F6N. The largest absolute Gasteiger partial charge is 0.401 e. The molecule has 98 valence electrons. The Kier molecular flexibility index (Phi) is 5.58. The molecule has 0 radical (unpaired) electrons. The van der Waals surface area contributed by atoms with Crippen LogP contribution in [0.5, 0.6) is 0 Å². The molecule has 0 fully saturated rings. The predicted molar refractivity (Wildman–Crippen MR) is 47.7 cm³/mol. The van der Waals surface area contributed by atoms with Gasteiger partial charge in [0.15, 0.2) is 5.92 Å². The van der Waals surface area contributed by atoms with Crippen molar-refractivity contribution in [1.29, 1.82) is 0 Å². The zero-order valence-electron chi connectivity index (χ0n) is 8.83. The molecule has 0 saturated carbocycles. The van der Waals surface area contributed by atoms with Crippen LogP contribution in [0.25, 0.3) is 0 Å². The van der Waals surface area contributed by atoms with E-state index in [9.17, 15) is 26.3 Å². The van der Waals surface area contributed by atoms with Crippen LogP contribution in [0.15, 0.2) is 0 Å². The molecule has 0 bridgehead atoms. The second-order valence-corrected chi connectivity index (χ2v) is 3.72. The quantitative estimate of drug-likeness (QED) is 0.586. The van der Waals surface area contributed by atoms with Gasteiger partial charge >= 0.3 is 12.4 Å². The van der Waals surface area contributed by atoms with Crippen molar-refractivity contribution in [3.63, 3.8) is 0 Å². The second kappa shape index (κ2) is 5.75. The topological polar surface area (TPSA) is 26.0 Å². The van der Waals surface area contributed by atoms with E-state index >= 15 is 0 Å². The van der Waals surface area contributed by atoms with E-state index < -0.39 is 24.3 Å². The fourth-order valence-electron chi connectivity index (χ4n) is 1.47. The van der Waals surface area contributed by atoms with Crippen LogP contribution in [-0.2, 0) is 0 Å². The lowest BCUT2D eigenvalue weighted by Gasteiger charge is -2.28. The van der Waals surface area contributed by atoms with Gasteiger partial charge in [-0.2, -0.15) is 26.3 Å². The van der Waals surface area contributed by atoms with Gasteiger partial charge in [-0.1, -0.05) is 26.2 Å². The van der Waals surface area contributed by atoms with Gasteiger partial charge in [0.05, 0.1) is 0 Å². The van der Waals surface area contributed by atoms with E-state index in [0.717, 1.165) is 6.42 Å². The number of alkyl halides is 6. The van der Waals surface area contributed by atoms with Crippen LogP contribution in [0.4, 0.5) is 26.3 Å². The number of unbranched alkanes of at least 4 members (excludes halogenated alkanes) is 2. The molecule has 0 heterocycles. The summed E-state index contributed by atoms with van der Waals surface area (Å²) in [6.45, 7) is 1.80. The minimum atomic E-state index is -5.33. The zero-order valence-corrected chi connectivity index (χ0v) is 8.83. The van der Waals surface area contributed by atoms with Crippen LogP contribution in [0.2, 0.25) is 0 Å². The van der Waals surface area contributed by atoms with E-state index in [4.69, 9.17) is 5.73 Å². The minimum Gasteiger partial charge on any atom is -0.327 e. The maximum absolute atomic E-state index is 12.2. The lowest BCUT2D eigenvalue weighted by molar-refractivity contribution is -0.289. The number of nitrogens with two attached hydrogens (primary N) is 1. The number of hydrogen-bond donors (Lipinski definition) is 1. The van der Waals surface area contributed by atoms with Gasteiger partial charge in [-0.15, -0.1) is 0 Å². The summed E-state index contributed by atoms with van der Waals surface area (Å²) in [5.74, 6) is -3.42. The Bertz CT molecular complexity index is 183. The van der Waals surface area contributed by atoms with Gasteiger partial charge in [-0.05, 0) is 6.42 Å². The Morgan fingerprint density at radius 2 is 1.38 bits per heavy atom. The molecular weight excluding hydrogens is 236 g/mol. The van der Waals surface area contributed by atoms with Crippen molar-refractivity contribution in [1.82, 2.24) is 0 Å². The van der Waals surface area contributed by atoms with Crippen LogP contribution in [0.1, 0.15) is 32.6 Å². The van der Waals surface area contributed by atoms with E-state index in [1.165, 1.54) is 0 Å². The van der Waals surface area contributed by atoms with Gasteiger partial charge in [0.1, 0.15) is 0 Å². The van der Waals surface area contributed by atoms with E-state index in [2.05, 4.69) is 0 Å². The first kappa shape index (κ1) is 15.5. The fraction of sp³-hybridized carbons (Fsp3) is 1.00. The Morgan fingerprint density at radius 3 is 1.69 bits per heavy atom. The molecule has 0 aliphatic rings. The van der Waals surface area contributed by atoms with Crippen molar-refractivity contribution in [2.75, 3.05) is 0 Å². The highest BCUT2D eigenvalue weighted by molar-refractivity contribution is 4.84. The van der Waals surface area contributed by atoms with E-state index in [1.54, 1.807) is 6.92 Å². The molecule has 1 nitrogen and oxygen atoms in total. The smallest absolute Gasteiger partial charge is 0.327 e. The first-order chi connectivity index (χ1) is 7.10. The SMILES string of the molecule is CCCCCC(N)C(C(F)(F)F)C(F)(F)F. The molecule has 2 N–H and O–H groups in total. The monoisotopic (exact) mass is 251 g/mol. The summed E-state index contributed by atoms with van der Waals surface area (Å²) in [6.07, 6.45) is -9.35. The fourth-order valence-corrected chi connectivity index (χ4v) is 1.47. The molecule has 1 atom stereocenters. The molecule has 0 amide bonds. The van der Waals surface area contributed by atoms with E-state index in [0.29, 0.717) is 6.42 Å². The Labute approximate surface area is 90.0 Å². The molecule has 0 aromatic carbocycles. The van der Waals surface area contributed by atoms with Gasteiger partial charge in [-0.25, -0.2) is 0 Å². The minimum absolute atomic E-state index is 0.266. The molecule has 0 aromatic heterocycles. The number of hydrogen-bond acceptors (Lipinski definition) is 1. The van der Waals surface area contributed by atoms with Crippen molar-refractivity contribution in [2.45, 2.75) is 51.0 Å². The van der Waals surface area contributed by atoms with Gasteiger partial charge in [0.25, 0.3) is 0 Å². The normalized spacial score (nSPS) is 15.6. The summed E-state index contributed by atoms with van der Waals surface area (Å²) in [5, 5.41) is 0. The summed E-state index contributed by atoms with van der Waals surface area (Å²) < 4.78 is 73.1. The lowest BCUT2D eigenvalue weighted by Crippen LogP contribution is -2.48. The Balaban J connectivity index is 4.53. The molecule has 0 rings (SSSR count). The highest BCUT2D eigenvalue weighted by Gasteiger charge is 2.59. The average molecular weight is 251 g/mol. The molecule has 0 aliphatic carbocycles. The number of halogens is 6. The Hall–Kier alpha value is -0.460. The van der Waals surface area contributed by atoms with E-state index in [1.807, 2.05) is 0 Å². The standard InChI is InChI=1S/C9H15F6N/c1-2-3-4-5-6(16)7(8(10,11)12)9(13,14)15/h6-7H,2-5,16H2,1H3. The molecule has 16 heavy (non-hydrogen) atoms. The highest BCUT2D eigenvalue weighted by Crippen LogP contribution is 2.41. The number of rotatable bonds is 5. The summed E-state index contributed by atoms with van der Waals surface area (Å²) in [7, 11) is 0. The van der Waals surface area contributed by atoms with Crippen LogP contribution < -0.4 is 5.73 Å². The molecule has 0 saturated heterocycles. The van der Waals surface area contributed by atoms with Crippen molar-refractivity contribution >= 4 is 0 Å². The lowest BCUT2D eigenvalue weighted by atomic mass is 9.94. The summed E-state index contributed by atoms with van der Waals surface area (Å²) >= 11 is 0. The van der Waals surface area contributed by atoms with Gasteiger partial charge in [0.2, 0.25) is 0 Å². The van der Waals surface area contributed by atoms with Crippen molar-refractivity contribution in [3.8, 4) is 0 Å². The van der Waals surface area contributed by atoms with Crippen molar-refractivity contribution in [3.05, 3.63) is 0 Å². The van der Waals surface area contributed by atoms with Gasteiger partial charge in [-0.3, -0.25) is 0 Å². The van der Waals surface area contributed by atoms with Crippen LogP contribution in [0.3, 0.4) is 0 Å². The molecule has 7 heteroatoms. The predicted octanol–water partition coefficient (Wildman–Crippen LogP) is 3.63. The van der Waals surface area contributed by atoms with Crippen molar-refractivity contribution < 1.29 is 26.3 Å². The first-order valence-electron chi connectivity index (χ1n) is 4.99. The van der Waals surface area contributed by atoms with Crippen LogP contribution in [-0.4, -0.2) is 18.4 Å². The molecule has 0 aliphatic heterocycles. The summed E-state index contributed by atoms with van der Waals surface area (Å²) in [4.78, 5) is 0. The molecule has 1 unspecified atom stereocenters. The van der Waals surface area contributed by atoms with Crippen molar-refractivity contribution in [2.24, 2.45) is 11.7 Å². The second-order valence-electron chi connectivity index (χ2n) is 3.72. The summed E-state index contributed by atoms with van der Waals surface area (Å²) in [6, 6.07) is -1.91. The maximum atomic E-state index is 12.2. The van der Waals surface area contributed by atoms with Crippen LogP contribution in [0, 0.1) is 5.92 Å². The highest BCUT2D eigenvalue weighted by atomic mass is 19.4. The third kappa shape index (κ3) is 5.05. The third-order valence-corrected chi connectivity index (χ3v) is 2.27. The van der Waals surface area contributed by atoms with Crippen LogP contribution >= 0.6 is 0 Å². The zero-order chi connectivity index (χ0) is 13.0. The average Bonchev–Trinajstić information content (AvgIpc) is 1.98. The van der Waals surface area contributed by atoms with Gasteiger partial charge < -0.3 is 5.73 Å². The third-order valence-electron chi connectivity index (χ3n) is 2.27.